The third-order valence-corrected chi connectivity index (χ3v) is 12.2. The van der Waals surface area contributed by atoms with E-state index in [2.05, 4.69) is 203 Å². The minimum Gasteiger partial charge on any atom is -0.344 e. The maximum Gasteiger partial charge on any atom is 0.159 e. The molecule has 0 radical (unpaired) electrons. The second-order valence-corrected chi connectivity index (χ2v) is 15.8. The zero-order valence-corrected chi connectivity index (χ0v) is 33.7. The van der Waals surface area contributed by atoms with Crippen LogP contribution >= 0.6 is 0 Å². The van der Waals surface area contributed by atoms with Crippen molar-refractivity contribution >= 4 is 55.3 Å². The van der Waals surface area contributed by atoms with Crippen molar-refractivity contribution in [2.45, 2.75) is 6.17 Å². The first kappa shape index (κ1) is 35.6. The molecule has 11 aromatic rings. The van der Waals surface area contributed by atoms with Crippen molar-refractivity contribution in [1.82, 2.24) is 14.5 Å². The van der Waals surface area contributed by atoms with Gasteiger partial charge in [-0.1, -0.05) is 182 Å². The van der Waals surface area contributed by atoms with E-state index < -0.39 is 6.17 Å². The SMILES string of the molecule is c1ccc(C2=NC(c3ccccc3-n3c4ccccc4c4ccc(-n5c6ccccc6c6c(-c7cccc(-c8ccccc8)c7)cccc65)cc43)NC(c3ccccc3)=N2)cc1. The zero-order valence-electron chi connectivity index (χ0n) is 33.7. The summed E-state index contributed by atoms with van der Waals surface area (Å²) in [6, 6.07) is 80.0. The number of para-hydroxylation sites is 3. The van der Waals surface area contributed by atoms with Crippen LogP contribution in [0.5, 0.6) is 0 Å². The molecule has 0 amide bonds. The Labute approximate surface area is 359 Å². The lowest BCUT2D eigenvalue weighted by Crippen LogP contribution is -2.34. The van der Waals surface area contributed by atoms with Gasteiger partial charge in [0.2, 0.25) is 0 Å². The molecule has 0 aliphatic carbocycles. The van der Waals surface area contributed by atoms with Gasteiger partial charge in [-0.15, -0.1) is 0 Å². The smallest absolute Gasteiger partial charge is 0.159 e. The van der Waals surface area contributed by atoms with Gasteiger partial charge in [0.1, 0.15) is 12.0 Å². The lowest BCUT2D eigenvalue weighted by atomic mass is 9.96. The molecule has 1 aliphatic rings. The number of amidine groups is 2. The zero-order chi connectivity index (χ0) is 41.0. The van der Waals surface area contributed by atoms with Gasteiger partial charge in [0.15, 0.2) is 5.84 Å². The Bertz CT molecular complexity index is 3540. The molecule has 1 atom stereocenters. The molecule has 1 aliphatic heterocycles. The van der Waals surface area contributed by atoms with E-state index in [0.29, 0.717) is 5.84 Å². The van der Waals surface area contributed by atoms with Crippen molar-refractivity contribution in [3.8, 4) is 33.6 Å². The van der Waals surface area contributed by atoms with E-state index in [1.165, 1.54) is 49.3 Å². The lowest BCUT2D eigenvalue weighted by molar-refractivity contribution is 0.670. The molecule has 2 aromatic heterocycles. The molecule has 0 saturated heterocycles. The fourth-order valence-electron chi connectivity index (χ4n) is 9.38. The minimum atomic E-state index is -0.398. The van der Waals surface area contributed by atoms with Gasteiger partial charge in [-0.25, -0.2) is 9.98 Å². The lowest BCUT2D eigenvalue weighted by Gasteiger charge is -2.26. The standard InChI is InChI=1S/C57H39N5/c1-4-18-38(19-5-1)41-24-16-25-42(36-41)44-29-17-33-52-54(44)47-27-11-14-31-50(47)61(52)43-34-35-46-45-26-10-13-30-49(45)62(53(46)37-43)51-32-15-12-28-48(51)57-59-55(39-20-6-2-7-21-39)58-56(60-57)40-22-8-3-9-23-40/h1-37,57H,(H,58,59,60). The fraction of sp³-hybridized carbons (Fsp3) is 0.0175. The second-order valence-electron chi connectivity index (χ2n) is 15.8. The van der Waals surface area contributed by atoms with Crippen LogP contribution in [0.2, 0.25) is 0 Å². The van der Waals surface area contributed by atoms with Crippen LogP contribution in [-0.4, -0.2) is 20.8 Å². The quantitative estimate of drug-likeness (QED) is 0.172. The number of benzene rings is 9. The average Bonchev–Trinajstić information content (AvgIpc) is 3.87. The summed E-state index contributed by atoms with van der Waals surface area (Å²) < 4.78 is 4.86. The van der Waals surface area contributed by atoms with Gasteiger partial charge in [0.25, 0.3) is 0 Å². The van der Waals surface area contributed by atoms with Gasteiger partial charge in [-0.3, -0.25) is 0 Å². The predicted molar refractivity (Wildman–Crippen MR) is 258 cm³/mol. The van der Waals surface area contributed by atoms with Gasteiger partial charge < -0.3 is 14.5 Å². The summed E-state index contributed by atoms with van der Waals surface area (Å²) in [4.78, 5) is 10.4. The van der Waals surface area contributed by atoms with Crippen LogP contribution < -0.4 is 5.32 Å². The monoisotopic (exact) mass is 793 g/mol. The highest BCUT2D eigenvalue weighted by atomic mass is 15.2. The van der Waals surface area contributed by atoms with E-state index in [-0.39, 0.29) is 0 Å². The van der Waals surface area contributed by atoms with Crippen LogP contribution in [0.15, 0.2) is 234 Å². The van der Waals surface area contributed by atoms with Crippen LogP contribution in [0.3, 0.4) is 0 Å². The minimum absolute atomic E-state index is 0.398. The van der Waals surface area contributed by atoms with Crippen molar-refractivity contribution in [2.24, 2.45) is 9.98 Å². The highest BCUT2D eigenvalue weighted by molar-refractivity contribution is 6.17. The molecule has 9 aromatic carbocycles. The van der Waals surface area contributed by atoms with Crippen molar-refractivity contribution in [1.29, 1.82) is 0 Å². The molecule has 0 spiro atoms. The molecule has 0 bridgehead atoms. The molecule has 5 heteroatoms. The molecule has 0 fully saturated rings. The van der Waals surface area contributed by atoms with Gasteiger partial charge in [0, 0.05) is 43.9 Å². The summed E-state index contributed by atoms with van der Waals surface area (Å²) in [5.74, 6) is 1.49. The first-order valence-electron chi connectivity index (χ1n) is 21.1. The van der Waals surface area contributed by atoms with E-state index >= 15 is 0 Å². The maximum atomic E-state index is 5.31. The molecule has 1 N–H and O–H groups in total. The van der Waals surface area contributed by atoms with Crippen molar-refractivity contribution in [3.05, 3.63) is 241 Å². The predicted octanol–water partition coefficient (Wildman–Crippen LogP) is 13.7. The molecule has 3 heterocycles. The van der Waals surface area contributed by atoms with Crippen LogP contribution in [0, 0.1) is 0 Å². The van der Waals surface area contributed by atoms with E-state index in [4.69, 9.17) is 9.98 Å². The van der Waals surface area contributed by atoms with Gasteiger partial charge in [-0.2, -0.15) is 0 Å². The average molecular weight is 794 g/mol. The summed E-state index contributed by atoms with van der Waals surface area (Å²) >= 11 is 0. The Morgan fingerprint density at radius 3 is 1.76 bits per heavy atom. The van der Waals surface area contributed by atoms with Gasteiger partial charge in [-0.05, 0) is 64.7 Å². The van der Waals surface area contributed by atoms with Crippen LogP contribution in [0.1, 0.15) is 22.9 Å². The number of nitrogens with one attached hydrogen (secondary N) is 1. The normalized spacial score (nSPS) is 14.0. The molecule has 292 valence electrons. The fourth-order valence-corrected chi connectivity index (χ4v) is 9.38. The summed E-state index contributed by atoms with van der Waals surface area (Å²) in [6.07, 6.45) is -0.398. The second kappa shape index (κ2) is 14.8. The molecule has 62 heavy (non-hydrogen) atoms. The summed E-state index contributed by atoms with van der Waals surface area (Å²) in [7, 11) is 0. The van der Waals surface area contributed by atoms with Crippen LogP contribution in [0.25, 0.3) is 77.2 Å². The first-order chi connectivity index (χ1) is 30.8. The Morgan fingerprint density at radius 2 is 0.968 bits per heavy atom. The Hall–Kier alpha value is -8.28. The molecular formula is C57H39N5. The van der Waals surface area contributed by atoms with Crippen molar-refractivity contribution in [3.63, 3.8) is 0 Å². The summed E-state index contributed by atoms with van der Waals surface area (Å²) in [5, 5.41) is 8.59. The molecular weight excluding hydrogens is 755 g/mol. The van der Waals surface area contributed by atoms with Crippen molar-refractivity contribution in [2.75, 3.05) is 0 Å². The van der Waals surface area contributed by atoms with Crippen LogP contribution in [-0.2, 0) is 0 Å². The number of fused-ring (bicyclic) bond motifs is 6. The number of hydrogen-bond donors (Lipinski definition) is 1. The third-order valence-electron chi connectivity index (χ3n) is 12.2. The number of aliphatic imine (C=N–C) groups is 2. The molecule has 0 saturated carbocycles. The first-order valence-corrected chi connectivity index (χ1v) is 21.1. The molecule has 5 nitrogen and oxygen atoms in total. The number of nitrogens with zero attached hydrogens (tertiary/aromatic N) is 4. The third kappa shape index (κ3) is 5.94. The highest BCUT2D eigenvalue weighted by Gasteiger charge is 2.25. The Kier molecular flexibility index (Phi) is 8.49. The Balaban J connectivity index is 1.05. The van der Waals surface area contributed by atoms with Gasteiger partial charge >= 0.3 is 0 Å². The Morgan fingerprint density at radius 1 is 0.387 bits per heavy atom. The van der Waals surface area contributed by atoms with E-state index in [1.54, 1.807) is 0 Å². The number of rotatable bonds is 7. The number of aromatic nitrogens is 2. The van der Waals surface area contributed by atoms with Gasteiger partial charge in [0.05, 0.1) is 27.8 Å². The summed E-state index contributed by atoms with van der Waals surface area (Å²) in [6.45, 7) is 0. The maximum absolute atomic E-state index is 5.31. The van der Waals surface area contributed by atoms with Crippen LogP contribution in [0.4, 0.5) is 0 Å². The topological polar surface area (TPSA) is 46.6 Å². The van der Waals surface area contributed by atoms with E-state index in [9.17, 15) is 0 Å². The largest absolute Gasteiger partial charge is 0.344 e. The van der Waals surface area contributed by atoms with E-state index in [1.807, 2.05) is 36.4 Å². The summed E-state index contributed by atoms with van der Waals surface area (Å²) in [5.41, 5.74) is 14.6. The molecule has 12 rings (SSSR count). The van der Waals surface area contributed by atoms with E-state index in [0.717, 1.165) is 50.5 Å². The number of hydrogen-bond acceptors (Lipinski definition) is 3. The highest BCUT2D eigenvalue weighted by Crippen LogP contribution is 2.41. The molecule has 1 unspecified atom stereocenters. The van der Waals surface area contributed by atoms with Crippen molar-refractivity contribution < 1.29 is 0 Å².